The van der Waals surface area contributed by atoms with Crippen molar-refractivity contribution < 1.29 is 15.0 Å². The van der Waals surface area contributed by atoms with Gasteiger partial charge >= 0.3 is 0 Å². The summed E-state index contributed by atoms with van der Waals surface area (Å²) in [6.45, 7) is 3.68. The molecule has 1 fully saturated rings. The fourth-order valence-corrected chi connectivity index (χ4v) is 2.43. The molecule has 0 unspecified atom stereocenters. The first-order chi connectivity index (χ1) is 9.10. The van der Waals surface area contributed by atoms with Crippen LogP contribution in [0.1, 0.15) is 10.4 Å². The van der Waals surface area contributed by atoms with Gasteiger partial charge in [-0.15, -0.1) is 11.6 Å². The zero-order valence-electron chi connectivity index (χ0n) is 10.5. The Kier molecular flexibility index (Phi) is 4.50. The number of aromatic hydroxyl groups is 2. The first-order valence-electron chi connectivity index (χ1n) is 6.21. The van der Waals surface area contributed by atoms with Gasteiger partial charge in [0.25, 0.3) is 5.91 Å². The number of benzene rings is 1. The zero-order chi connectivity index (χ0) is 13.8. The molecule has 19 heavy (non-hydrogen) atoms. The van der Waals surface area contributed by atoms with Gasteiger partial charge < -0.3 is 15.1 Å². The minimum Gasteiger partial charge on any atom is -0.508 e. The lowest BCUT2D eigenvalue weighted by atomic mass is 10.1. The quantitative estimate of drug-likeness (QED) is 0.816. The largest absolute Gasteiger partial charge is 0.508 e. The van der Waals surface area contributed by atoms with Crippen molar-refractivity contribution in [2.24, 2.45) is 0 Å². The maximum absolute atomic E-state index is 12.2. The third kappa shape index (κ3) is 3.52. The van der Waals surface area contributed by atoms with Crippen LogP contribution < -0.4 is 0 Å². The zero-order valence-corrected chi connectivity index (χ0v) is 11.3. The highest BCUT2D eigenvalue weighted by Gasteiger charge is 2.22. The lowest BCUT2D eigenvalue weighted by molar-refractivity contribution is 0.0643. The topological polar surface area (TPSA) is 64.0 Å². The summed E-state index contributed by atoms with van der Waals surface area (Å²) in [5.74, 6) is 0.207. The highest BCUT2D eigenvalue weighted by molar-refractivity contribution is 6.18. The lowest BCUT2D eigenvalue weighted by Gasteiger charge is -2.34. The number of amides is 1. The average molecular weight is 285 g/mol. The molecule has 1 amide bonds. The van der Waals surface area contributed by atoms with Crippen molar-refractivity contribution >= 4 is 17.5 Å². The fraction of sp³-hybridized carbons (Fsp3) is 0.462. The summed E-state index contributed by atoms with van der Waals surface area (Å²) in [6, 6.07) is 3.94. The number of hydrogen-bond acceptors (Lipinski definition) is 4. The van der Waals surface area contributed by atoms with Crippen molar-refractivity contribution in [1.82, 2.24) is 9.80 Å². The highest BCUT2D eigenvalue weighted by atomic mass is 35.5. The number of halogens is 1. The molecule has 6 heteroatoms. The summed E-state index contributed by atoms with van der Waals surface area (Å²) >= 11 is 5.69. The van der Waals surface area contributed by atoms with Crippen molar-refractivity contribution in [3.63, 3.8) is 0 Å². The van der Waals surface area contributed by atoms with Gasteiger partial charge in [0.2, 0.25) is 0 Å². The third-order valence-electron chi connectivity index (χ3n) is 3.21. The van der Waals surface area contributed by atoms with E-state index in [0.717, 1.165) is 19.6 Å². The van der Waals surface area contributed by atoms with E-state index in [4.69, 9.17) is 11.6 Å². The van der Waals surface area contributed by atoms with E-state index >= 15 is 0 Å². The SMILES string of the molecule is O=C(c1cc(O)cc(O)c1)N1CCN(CCCl)CC1. The monoisotopic (exact) mass is 284 g/mol. The second-order valence-corrected chi connectivity index (χ2v) is 4.94. The maximum atomic E-state index is 12.2. The second-order valence-electron chi connectivity index (χ2n) is 4.56. The number of carbonyl (C=O) groups excluding carboxylic acids is 1. The molecule has 1 aromatic carbocycles. The summed E-state index contributed by atoms with van der Waals surface area (Å²) in [5, 5.41) is 18.8. The van der Waals surface area contributed by atoms with Crippen molar-refractivity contribution in [3.8, 4) is 11.5 Å². The number of alkyl halides is 1. The van der Waals surface area contributed by atoms with E-state index in [9.17, 15) is 15.0 Å². The Balaban J connectivity index is 2.01. The minimum absolute atomic E-state index is 0.107. The molecule has 5 nitrogen and oxygen atoms in total. The average Bonchev–Trinajstić information content (AvgIpc) is 2.38. The van der Waals surface area contributed by atoms with Crippen LogP contribution in [0.5, 0.6) is 11.5 Å². The number of rotatable bonds is 3. The van der Waals surface area contributed by atoms with Crippen molar-refractivity contribution in [2.45, 2.75) is 0 Å². The maximum Gasteiger partial charge on any atom is 0.254 e. The third-order valence-corrected chi connectivity index (χ3v) is 3.38. The summed E-state index contributed by atoms with van der Waals surface area (Å²) in [7, 11) is 0. The summed E-state index contributed by atoms with van der Waals surface area (Å²) < 4.78 is 0. The van der Waals surface area contributed by atoms with Crippen LogP contribution in [0.15, 0.2) is 18.2 Å². The molecule has 0 aromatic heterocycles. The highest BCUT2D eigenvalue weighted by Crippen LogP contribution is 2.21. The van der Waals surface area contributed by atoms with E-state index in [-0.39, 0.29) is 17.4 Å². The van der Waals surface area contributed by atoms with Crippen LogP contribution in [0.4, 0.5) is 0 Å². The molecular weight excluding hydrogens is 268 g/mol. The molecule has 2 N–H and O–H groups in total. The number of hydrogen-bond donors (Lipinski definition) is 2. The Bertz CT molecular complexity index is 439. The standard InChI is InChI=1S/C13H17ClN2O3/c14-1-2-15-3-5-16(6-4-15)13(19)10-7-11(17)9-12(18)8-10/h7-9,17-18H,1-6H2. The smallest absolute Gasteiger partial charge is 0.254 e. The first-order valence-corrected chi connectivity index (χ1v) is 6.74. The molecular formula is C13H17ClN2O3. The van der Waals surface area contributed by atoms with Crippen LogP contribution in [0, 0.1) is 0 Å². The van der Waals surface area contributed by atoms with Crippen LogP contribution in [0.3, 0.4) is 0 Å². The molecule has 0 spiro atoms. The molecule has 0 radical (unpaired) electrons. The number of nitrogens with zero attached hydrogens (tertiary/aromatic N) is 2. The summed E-state index contributed by atoms with van der Waals surface area (Å²) in [6.07, 6.45) is 0. The number of carbonyl (C=O) groups is 1. The van der Waals surface area contributed by atoms with Crippen molar-refractivity contribution in [2.75, 3.05) is 38.6 Å². The van der Waals surface area contributed by atoms with Gasteiger partial charge in [0.05, 0.1) is 0 Å². The molecule has 104 valence electrons. The fourth-order valence-electron chi connectivity index (χ4n) is 2.20. The van der Waals surface area contributed by atoms with Crippen LogP contribution in [-0.4, -0.2) is 64.5 Å². The summed E-state index contributed by atoms with van der Waals surface area (Å²) in [4.78, 5) is 16.2. The molecule has 1 heterocycles. The van der Waals surface area contributed by atoms with Crippen molar-refractivity contribution in [1.29, 1.82) is 0 Å². The molecule has 1 aliphatic rings. The van der Waals surface area contributed by atoms with E-state index in [2.05, 4.69) is 4.90 Å². The van der Waals surface area contributed by atoms with Crippen LogP contribution in [0.25, 0.3) is 0 Å². The first kappa shape index (κ1) is 14.0. The molecule has 0 aliphatic carbocycles. The number of piperazine rings is 1. The Morgan fingerprint density at radius 2 is 1.68 bits per heavy atom. The van der Waals surface area contributed by atoms with E-state index in [1.165, 1.54) is 18.2 Å². The van der Waals surface area contributed by atoms with Crippen molar-refractivity contribution in [3.05, 3.63) is 23.8 Å². The molecule has 0 saturated carbocycles. The van der Waals surface area contributed by atoms with E-state index in [1.54, 1.807) is 4.90 Å². The van der Waals surface area contributed by atoms with E-state index in [0.29, 0.717) is 24.5 Å². The Labute approximate surface area is 117 Å². The van der Waals surface area contributed by atoms with Gasteiger partial charge in [-0.3, -0.25) is 9.69 Å². The molecule has 2 rings (SSSR count). The number of phenols is 2. The normalized spacial score (nSPS) is 16.6. The van der Waals surface area contributed by atoms with Gasteiger partial charge in [-0.1, -0.05) is 0 Å². The van der Waals surface area contributed by atoms with Crippen LogP contribution >= 0.6 is 11.6 Å². The molecule has 1 aliphatic heterocycles. The van der Waals surface area contributed by atoms with Gasteiger partial charge in [-0.05, 0) is 12.1 Å². The summed E-state index contributed by atoms with van der Waals surface area (Å²) in [5.41, 5.74) is 0.309. The van der Waals surface area contributed by atoms with Gasteiger partial charge in [0.15, 0.2) is 0 Å². The Morgan fingerprint density at radius 3 is 2.21 bits per heavy atom. The lowest BCUT2D eigenvalue weighted by Crippen LogP contribution is -2.49. The molecule has 0 atom stereocenters. The van der Waals surface area contributed by atoms with Gasteiger partial charge in [-0.25, -0.2) is 0 Å². The van der Waals surface area contributed by atoms with E-state index < -0.39 is 0 Å². The Hall–Kier alpha value is -1.46. The molecule has 1 saturated heterocycles. The predicted molar refractivity (Wildman–Crippen MR) is 72.8 cm³/mol. The van der Waals surface area contributed by atoms with Gasteiger partial charge in [0.1, 0.15) is 11.5 Å². The van der Waals surface area contributed by atoms with Crippen LogP contribution in [-0.2, 0) is 0 Å². The van der Waals surface area contributed by atoms with Crippen LogP contribution in [0.2, 0.25) is 0 Å². The predicted octanol–water partition coefficient (Wildman–Crippen LogP) is 1.09. The minimum atomic E-state index is -0.170. The second kappa shape index (κ2) is 6.12. The Morgan fingerprint density at radius 1 is 1.11 bits per heavy atom. The molecule has 1 aromatic rings. The van der Waals surface area contributed by atoms with E-state index in [1.807, 2.05) is 0 Å². The number of phenolic OH excluding ortho intramolecular Hbond substituents is 2. The van der Waals surface area contributed by atoms with Gasteiger partial charge in [-0.2, -0.15) is 0 Å². The van der Waals surface area contributed by atoms with Gasteiger partial charge in [0, 0.05) is 50.2 Å². The molecule has 0 bridgehead atoms.